The number of amides is 2. The van der Waals surface area contributed by atoms with Crippen molar-refractivity contribution in [2.75, 3.05) is 13.2 Å². The van der Waals surface area contributed by atoms with Crippen LogP contribution in [0.3, 0.4) is 0 Å². The number of ether oxygens (including phenoxy) is 1. The molecule has 0 radical (unpaired) electrons. The van der Waals surface area contributed by atoms with Crippen LogP contribution >= 0.6 is 0 Å². The van der Waals surface area contributed by atoms with Gasteiger partial charge in [-0.1, -0.05) is 50.1 Å². The lowest BCUT2D eigenvalue weighted by Crippen LogP contribution is -2.31. The topological polar surface area (TPSA) is 152 Å². The van der Waals surface area contributed by atoms with Crippen LogP contribution in [0.5, 0.6) is 5.75 Å². The molecule has 3 rings (SSSR count). The van der Waals surface area contributed by atoms with Gasteiger partial charge in [-0.3, -0.25) is 9.59 Å². The zero-order valence-corrected chi connectivity index (χ0v) is 22.4. The third kappa shape index (κ3) is 8.92. The molecule has 11 heteroatoms. The molecular weight excluding hydrogens is 522 g/mol. The molecule has 0 saturated carbocycles. The first-order valence-corrected chi connectivity index (χ1v) is 14.0. The fraction of sp³-hybridized carbons (Fsp3) is 0.286. The van der Waals surface area contributed by atoms with Gasteiger partial charge < -0.3 is 15.2 Å². The van der Waals surface area contributed by atoms with Gasteiger partial charge in [-0.15, -0.1) is 0 Å². The van der Waals surface area contributed by atoms with Crippen LogP contribution in [0.1, 0.15) is 58.2 Å². The van der Waals surface area contributed by atoms with Crippen LogP contribution in [0.15, 0.2) is 71.8 Å². The van der Waals surface area contributed by atoms with Gasteiger partial charge in [0.25, 0.3) is 21.8 Å². The molecule has 0 spiro atoms. The maximum Gasteiger partial charge on any atom is 0.354 e. The Morgan fingerprint density at radius 1 is 0.974 bits per heavy atom. The fourth-order valence-electron chi connectivity index (χ4n) is 3.75. The molecule has 0 aliphatic carbocycles. The number of aromatic nitrogens is 1. The zero-order valence-electron chi connectivity index (χ0n) is 21.6. The molecule has 0 atom stereocenters. The number of unbranched alkanes of at least 4 members (excludes halogenated alkanes) is 2. The summed E-state index contributed by atoms with van der Waals surface area (Å²) >= 11 is 0. The van der Waals surface area contributed by atoms with Gasteiger partial charge in [-0.25, -0.2) is 22.9 Å². The summed E-state index contributed by atoms with van der Waals surface area (Å²) in [6, 6.07) is 16.3. The van der Waals surface area contributed by atoms with E-state index < -0.39 is 21.9 Å². The highest BCUT2D eigenvalue weighted by molar-refractivity contribution is 7.90. The average Bonchev–Trinajstić information content (AvgIpc) is 2.92. The van der Waals surface area contributed by atoms with Crippen LogP contribution in [0.4, 0.5) is 0 Å². The van der Waals surface area contributed by atoms with E-state index >= 15 is 0 Å². The van der Waals surface area contributed by atoms with Crippen molar-refractivity contribution in [1.29, 1.82) is 0 Å². The second-order valence-corrected chi connectivity index (χ2v) is 10.5. The van der Waals surface area contributed by atoms with Crippen molar-refractivity contribution in [2.45, 2.75) is 43.9 Å². The first-order chi connectivity index (χ1) is 18.7. The van der Waals surface area contributed by atoms with Gasteiger partial charge >= 0.3 is 5.97 Å². The Hall–Kier alpha value is -4.25. The van der Waals surface area contributed by atoms with Gasteiger partial charge in [0.15, 0.2) is 12.3 Å². The third-order valence-corrected chi connectivity index (χ3v) is 7.09. The Morgan fingerprint density at radius 2 is 1.74 bits per heavy atom. The Balaban J connectivity index is 1.60. The van der Waals surface area contributed by atoms with E-state index in [0.717, 1.165) is 25.5 Å². The van der Waals surface area contributed by atoms with E-state index in [1.165, 1.54) is 18.2 Å². The fourth-order valence-corrected chi connectivity index (χ4v) is 4.80. The number of pyridine rings is 1. The molecule has 0 aliphatic rings. The number of aryl methyl sites for hydroxylation is 1. The Kier molecular flexibility index (Phi) is 10.6. The number of hydrogen-bond acceptors (Lipinski definition) is 7. The number of carboxylic acid groups (broad SMARTS) is 1. The van der Waals surface area contributed by atoms with Crippen molar-refractivity contribution in [3.05, 3.63) is 89.2 Å². The van der Waals surface area contributed by atoms with Gasteiger partial charge in [0.05, 0.1) is 10.5 Å². The molecule has 0 aliphatic heterocycles. The molecule has 39 heavy (non-hydrogen) atoms. The van der Waals surface area contributed by atoms with Crippen LogP contribution in [0.2, 0.25) is 0 Å². The minimum atomic E-state index is -4.22. The molecule has 0 saturated heterocycles. The van der Waals surface area contributed by atoms with Crippen molar-refractivity contribution >= 4 is 27.8 Å². The van der Waals surface area contributed by atoms with Crippen molar-refractivity contribution < 1.29 is 32.6 Å². The molecular formula is C28H31N3O7S. The number of aromatic carboxylic acids is 1. The molecule has 0 unspecified atom stereocenters. The third-order valence-electron chi connectivity index (χ3n) is 5.77. The van der Waals surface area contributed by atoms with Crippen molar-refractivity contribution in [1.82, 2.24) is 15.0 Å². The molecule has 0 fully saturated rings. The molecule has 3 aromatic rings. The molecule has 2 aromatic carbocycles. The molecule has 10 nitrogen and oxygen atoms in total. The normalized spacial score (nSPS) is 11.0. The van der Waals surface area contributed by atoms with Gasteiger partial charge in [0.1, 0.15) is 5.75 Å². The number of nitrogens with one attached hydrogen (secondary N) is 2. The van der Waals surface area contributed by atoms with E-state index in [4.69, 9.17) is 4.74 Å². The summed E-state index contributed by atoms with van der Waals surface area (Å²) in [6.45, 7) is 2.13. The lowest BCUT2D eigenvalue weighted by molar-refractivity contribution is -0.123. The number of benzene rings is 2. The smallest absolute Gasteiger partial charge is 0.354 e. The number of nitrogens with zero attached hydrogens (tertiary/aromatic N) is 1. The van der Waals surface area contributed by atoms with Gasteiger partial charge in [-0.05, 0) is 60.7 Å². The lowest BCUT2D eigenvalue weighted by Gasteiger charge is -2.11. The molecule has 206 valence electrons. The van der Waals surface area contributed by atoms with Gasteiger partial charge in [0.2, 0.25) is 0 Å². The van der Waals surface area contributed by atoms with Crippen LogP contribution in [0, 0.1) is 0 Å². The monoisotopic (exact) mass is 553 g/mol. The Labute approximate surface area is 227 Å². The summed E-state index contributed by atoms with van der Waals surface area (Å²) in [5.41, 5.74) is 0.808. The van der Waals surface area contributed by atoms with E-state index in [9.17, 15) is 27.9 Å². The minimum Gasteiger partial charge on any atom is -0.484 e. The highest BCUT2D eigenvalue weighted by Crippen LogP contribution is 2.16. The van der Waals surface area contributed by atoms with E-state index in [1.54, 1.807) is 36.4 Å². The highest BCUT2D eigenvalue weighted by Gasteiger charge is 2.21. The minimum absolute atomic E-state index is 0.0494. The number of carboxylic acids is 1. The number of rotatable bonds is 14. The summed E-state index contributed by atoms with van der Waals surface area (Å²) in [5, 5.41) is 12.1. The second-order valence-electron chi connectivity index (χ2n) is 8.78. The summed E-state index contributed by atoms with van der Waals surface area (Å²) in [4.78, 5) is 40.0. The quantitative estimate of drug-likeness (QED) is 0.257. The lowest BCUT2D eigenvalue weighted by atomic mass is 10.0. The summed E-state index contributed by atoms with van der Waals surface area (Å²) in [5.74, 6) is -1.86. The molecule has 1 aromatic heterocycles. The summed E-state index contributed by atoms with van der Waals surface area (Å²) < 4.78 is 33.2. The van der Waals surface area contributed by atoms with E-state index in [1.807, 2.05) is 17.7 Å². The van der Waals surface area contributed by atoms with Crippen LogP contribution in [0.25, 0.3) is 0 Å². The molecule has 2 amide bonds. The van der Waals surface area contributed by atoms with Gasteiger partial charge in [-0.2, -0.15) is 0 Å². The standard InChI is InChI=1S/C28H31N3O7S/c1-2-3-5-10-21-17-22(18-30-26(21)28(34)35)27(33)31-39(36,37)24-13-8-9-20(16-24)14-15-29-25(32)19-38-23-11-6-4-7-12-23/h4,6-9,11-13,16-18H,2-3,5,10,14-15,19H2,1H3,(H,29,32)(H,31,33)(H,34,35). The maximum absolute atomic E-state index is 12.9. The van der Waals surface area contributed by atoms with Crippen molar-refractivity contribution in [3.63, 3.8) is 0 Å². The van der Waals surface area contributed by atoms with Crippen LogP contribution < -0.4 is 14.8 Å². The number of carbonyl (C=O) groups is 3. The summed E-state index contributed by atoms with van der Waals surface area (Å²) in [6.07, 6.45) is 4.35. The van der Waals surface area contributed by atoms with E-state index in [2.05, 4.69) is 10.3 Å². The number of hydrogen-bond donors (Lipinski definition) is 3. The SMILES string of the molecule is CCCCCc1cc(C(=O)NS(=O)(=O)c2cccc(CCNC(=O)COc3ccccc3)c2)cnc1C(=O)O. The largest absolute Gasteiger partial charge is 0.484 e. The van der Waals surface area contributed by atoms with Gasteiger partial charge in [0, 0.05) is 12.7 Å². The number of sulfonamides is 1. The Bertz CT molecular complexity index is 1410. The molecule has 3 N–H and O–H groups in total. The number of carbonyl (C=O) groups excluding carboxylic acids is 2. The molecule has 1 heterocycles. The molecule has 0 bridgehead atoms. The highest BCUT2D eigenvalue weighted by atomic mass is 32.2. The zero-order chi connectivity index (χ0) is 28.3. The summed E-state index contributed by atoms with van der Waals surface area (Å²) in [7, 11) is -4.22. The first kappa shape index (κ1) is 29.3. The second kappa shape index (κ2) is 14.1. The van der Waals surface area contributed by atoms with Crippen LogP contribution in [-0.2, 0) is 27.7 Å². The van der Waals surface area contributed by atoms with Crippen LogP contribution in [-0.4, -0.2) is 49.4 Å². The predicted octanol–water partition coefficient (Wildman–Crippen LogP) is 3.37. The number of para-hydroxylation sites is 1. The first-order valence-electron chi connectivity index (χ1n) is 12.5. The van der Waals surface area contributed by atoms with Crippen molar-refractivity contribution in [2.24, 2.45) is 0 Å². The van der Waals surface area contributed by atoms with Crippen molar-refractivity contribution in [3.8, 4) is 5.75 Å². The average molecular weight is 554 g/mol. The van der Waals surface area contributed by atoms with E-state index in [-0.39, 0.29) is 35.2 Å². The Morgan fingerprint density at radius 3 is 2.46 bits per heavy atom. The predicted molar refractivity (Wildman–Crippen MR) is 144 cm³/mol. The maximum atomic E-state index is 12.9. The van der Waals surface area contributed by atoms with E-state index in [0.29, 0.717) is 29.7 Å².